The van der Waals surface area contributed by atoms with E-state index in [1.165, 1.54) is 30.7 Å². The van der Waals surface area contributed by atoms with Crippen LogP contribution in [-0.4, -0.2) is 52.8 Å². The zero-order chi connectivity index (χ0) is 13.9. The fourth-order valence-electron chi connectivity index (χ4n) is 1.48. The molecule has 0 heterocycles. The second-order valence-electron chi connectivity index (χ2n) is 3.62. The van der Waals surface area contributed by atoms with E-state index in [0.29, 0.717) is 12.2 Å². The van der Waals surface area contributed by atoms with Crippen molar-refractivity contribution in [2.24, 2.45) is 0 Å². The number of carbonyl (C=O) groups is 2. The molecule has 0 saturated heterocycles. The summed E-state index contributed by atoms with van der Waals surface area (Å²) in [6, 6.07) is 0. The van der Waals surface area contributed by atoms with Crippen molar-refractivity contribution in [3.63, 3.8) is 0 Å². The molecule has 18 heavy (non-hydrogen) atoms. The number of hydrogen-bond acceptors (Lipinski definition) is 2. The standard InChI is InChI=1S/C8H20N.C4H4O4.K.H/c1-5-9(6-2,7-3)8-4;5-3(6)1-2-4(7)8;;/h5-8H2,1-4H3;1-2H,(H,5,6)(H,7,8);;/q+1;;+1;-1/b;2-1-;;. The third kappa shape index (κ3) is 12.7. The Morgan fingerprint density at radius 1 is 0.889 bits per heavy atom. The van der Waals surface area contributed by atoms with Gasteiger partial charge in [0, 0.05) is 12.2 Å². The zero-order valence-corrected chi connectivity index (χ0v) is 15.3. The average Bonchev–Trinajstić information content (AvgIpc) is 2.31. The molecule has 102 valence electrons. The van der Waals surface area contributed by atoms with E-state index in [1.54, 1.807) is 0 Å². The summed E-state index contributed by atoms with van der Waals surface area (Å²) in [5, 5.41) is 15.6. The summed E-state index contributed by atoms with van der Waals surface area (Å²) < 4.78 is 1.28. The first-order valence-electron chi connectivity index (χ1n) is 5.86. The van der Waals surface area contributed by atoms with E-state index in [0.717, 1.165) is 0 Å². The molecule has 2 N–H and O–H groups in total. The summed E-state index contributed by atoms with van der Waals surface area (Å²) in [5.41, 5.74) is 0. The Bertz CT molecular complexity index is 235. The normalized spacial score (nSPS) is 10.2. The molecule has 0 aliphatic heterocycles. The van der Waals surface area contributed by atoms with E-state index in [2.05, 4.69) is 27.7 Å². The summed E-state index contributed by atoms with van der Waals surface area (Å²) in [6.45, 7) is 14.2. The fraction of sp³-hybridized carbons (Fsp3) is 0.667. The van der Waals surface area contributed by atoms with Crippen LogP contribution in [0.15, 0.2) is 12.2 Å². The number of nitrogens with zero attached hydrogens (tertiary/aromatic N) is 1. The van der Waals surface area contributed by atoms with Crippen molar-refractivity contribution in [3.05, 3.63) is 12.2 Å². The second-order valence-corrected chi connectivity index (χ2v) is 3.62. The van der Waals surface area contributed by atoms with Crippen LogP contribution >= 0.6 is 0 Å². The minimum Gasteiger partial charge on any atom is -1.00 e. The third-order valence-electron chi connectivity index (χ3n) is 3.05. The van der Waals surface area contributed by atoms with Crippen LogP contribution in [0.1, 0.15) is 29.1 Å². The van der Waals surface area contributed by atoms with Crippen molar-refractivity contribution >= 4 is 11.9 Å². The van der Waals surface area contributed by atoms with Gasteiger partial charge in [-0.25, -0.2) is 9.59 Å². The van der Waals surface area contributed by atoms with E-state index >= 15 is 0 Å². The molecule has 0 fully saturated rings. The van der Waals surface area contributed by atoms with Crippen LogP contribution < -0.4 is 51.4 Å². The maximum absolute atomic E-state index is 9.55. The van der Waals surface area contributed by atoms with E-state index in [4.69, 9.17) is 10.2 Å². The van der Waals surface area contributed by atoms with Crippen molar-refractivity contribution in [2.45, 2.75) is 27.7 Å². The Labute approximate surface area is 153 Å². The summed E-state index contributed by atoms with van der Waals surface area (Å²) in [6.07, 6.45) is 1.12. The van der Waals surface area contributed by atoms with Crippen molar-refractivity contribution in [2.75, 3.05) is 26.2 Å². The van der Waals surface area contributed by atoms with E-state index in [1.807, 2.05) is 0 Å². The summed E-state index contributed by atoms with van der Waals surface area (Å²) in [7, 11) is 0. The van der Waals surface area contributed by atoms with Crippen LogP contribution in [0.4, 0.5) is 0 Å². The van der Waals surface area contributed by atoms with Gasteiger partial charge in [0.1, 0.15) is 0 Å². The first-order valence-corrected chi connectivity index (χ1v) is 5.86. The Morgan fingerprint density at radius 2 is 1.11 bits per heavy atom. The summed E-state index contributed by atoms with van der Waals surface area (Å²) >= 11 is 0. The van der Waals surface area contributed by atoms with Gasteiger partial charge in [0.2, 0.25) is 0 Å². The van der Waals surface area contributed by atoms with Crippen molar-refractivity contribution in [1.29, 1.82) is 0 Å². The summed E-state index contributed by atoms with van der Waals surface area (Å²) in [5.74, 6) is -2.51. The van der Waals surface area contributed by atoms with Crippen molar-refractivity contribution in [1.82, 2.24) is 0 Å². The molecule has 0 radical (unpaired) electrons. The van der Waals surface area contributed by atoms with Crippen LogP contribution in [0.25, 0.3) is 0 Å². The molecule has 0 aliphatic rings. The van der Waals surface area contributed by atoms with Gasteiger partial charge in [-0.15, -0.1) is 0 Å². The topological polar surface area (TPSA) is 74.6 Å². The average molecular weight is 286 g/mol. The molecule has 0 bridgehead atoms. The molecule has 6 heteroatoms. The minimum atomic E-state index is -1.26. The van der Waals surface area contributed by atoms with Gasteiger partial charge in [-0.1, -0.05) is 0 Å². The molecule has 0 atom stereocenters. The smallest absolute Gasteiger partial charge is 1.00 e. The molecule has 0 aromatic carbocycles. The molecular weight excluding hydrogens is 261 g/mol. The van der Waals surface area contributed by atoms with Crippen LogP contribution in [0, 0.1) is 0 Å². The molecule has 0 aromatic rings. The molecule has 0 amide bonds. The van der Waals surface area contributed by atoms with Gasteiger partial charge in [0.15, 0.2) is 0 Å². The molecular formula is C12H25KNO4+. The first kappa shape index (κ1) is 23.4. The van der Waals surface area contributed by atoms with E-state index < -0.39 is 11.9 Å². The van der Waals surface area contributed by atoms with Gasteiger partial charge in [0.25, 0.3) is 0 Å². The fourth-order valence-corrected chi connectivity index (χ4v) is 1.48. The third-order valence-corrected chi connectivity index (χ3v) is 3.05. The number of carboxylic acids is 2. The van der Waals surface area contributed by atoms with Gasteiger partial charge in [0.05, 0.1) is 26.2 Å². The predicted molar refractivity (Wildman–Crippen MR) is 67.9 cm³/mol. The molecule has 5 nitrogen and oxygen atoms in total. The summed E-state index contributed by atoms with van der Waals surface area (Å²) in [4.78, 5) is 19.1. The number of carboxylic acid groups (broad SMARTS) is 2. The molecule has 0 aliphatic carbocycles. The van der Waals surface area contributed by atoms with Crippen molar-refractivity contribution < 1.29 is 77.1 Å². The first-order chi connectivity index (χ1) is 7.87. The number of quaternary nitrogens is 1. The second kappa shape index (κ2) is 13.7. The maximum atomic E-state index is 9.55. The van der Waals surface area contributed by atoms with E-state index in [9.17, 15) is 9.59 Å². The van der Waals surface area contributed by atoms with Crippen LogP contribution in [0.3, 0.4) is 0 Å². The van der Waals surface area contributed by atoms with Gasteiger partial charge in [-0.2, -0.15) is 0 Å². The van der Waals surface area contributed by atoms with E-state index in [-0.39, 0.29) is 52.8 Å². The number of hydrogen-bond donors (Lipinski definition) is 2. The molecule has 0 saturated carbocycles. The number of rotatable bonds is 6. The van der Waals surface area contributed by atoms with Crippen LogP contribution in [-0.2, 0) is 9.59 Å². The minimum absolute atomic E-state index is 0. The van der Waals surface area contributed by atoms with Gasteiger partial charge >= 0.3 is 63.3 Å². The van der Waals surface area contributed by atoms with Crippen LogP contribution in [0.2, 0.25) is 0 Å². The Kier molecular flexibility index (Phi) is 17.8. The molecule has 0 rings (SSSR count). The molecule has 0 aromatic heterocycles. The monoisotopic (exact) mass is 286 g/mol. The Morgan fingerprint density at radius 3 is 1.17 bits per heavy atom. The Hall–Kier alpha value is 0.276. The van der Waals surface area contributed by atoms with Gasteiger partial charge < -0.3 is 16.1 Å². The zero-order valence-electron chi connectivity index (χ0n) is 13.1. The quantitative estimate of drug-likeness (QED) is 0.362. The largest absolute Gasteiger partial charge is 1.00 e. The maximum Gasteiger partial charge on any atom is 1.00 e. The number of aliphatic carboxylic acids is 2. The Balaban J connectivity index is -0.000000108. The molecule has 0 spiro atoms. The van der Waals surface area contributed by atoms with Crippen molar-refractivity contribution in [3.8, 4) is 0 Å². The van der Waals surface area contributed by atoms with Gasteiger partial charge in [-0.05, 0) is 27.7 Å². The predicted octanol–water partition coefficient (Wildman–Crippen LogP) is -1.29. The SMILES string of the molecule is CC[N+](CC)(CC)CC.O=C(O)/C=C\C(=O)O.[H-].[K+]. The van der Waals surface area contributed by atoms with Crippen LogP contribution in [0.5, 0.6) is 0 Å². The molecule has 0 unspecified atom stereocenters. The van der Waals surface area contributed by atoms with Gasteiger partial charge in [-0.3, -0.25) is 0 Å².